The SMILES string of the molecule is CC(C)c1[nH]nc(C(=O)Nc2cccc(F)c2)c1N. The molecule has 0 fully saturated rings. The highest BCUT2D eigenvalue weighted by Crippen LogP contribution is 2.22. The van der Waals surface area contributed by atoms with E-state index in [-0.39, 0.29) is 11.6 Å². The molecular weight excluding hydrogens is 247 g/mol. The van der Waals surface area contributed by atoms with E-state index >= 15 is 0 Å². The molecule has 0 aliphatic carbocycles. The molecule has 0 saturated heterocycles. The van der Waals surface area contributed by atoms with Gasteiger partial charge in [0.25, 0.3) is 5.91 Å². The Kier molecular flexibility index (Phi) is 3.50. The normalized spacial score (nSPS) is 10.7. The Morgan fingerprint density at radius 2 is 2.21 bits per heavy atom. The van der Waals surface area contributed by atoms with Crippen LogP contribution in [-0.2, 0) is 0 Å². The first-order valence-electron chi connectivity index (χ1n) is 5.89. The van der Waals surface area contributed by atoms with Gasteiger partial charge in [0.2, 0.25) is 0 Å². The van der Waals surface area contributed by atoms with E-state index < -0.39 is 11.7 Å². The molecule has 1 heterocycles. The molecule has 1 aromatic carbocycles. The summed E-state index contributed by atoms with van der Waals surface area (Å²) in [4.78, 5) is 12.0. The molecule has 5 nitrogen and oxygen atoms in total. The number of halogens is 1. The van der Waals surface area contributed by atoms with E-state index in [1.807, 2.05) is 13.8 Å². The van der Waals surface area contributed by atoms with Crippen molar-refractivity contribution in [3.63, 3.8) is 0 Å². The van der Waals surface area contributed by atoms with Crippen LogP contribution in [0.15, 0.2) is 24.3 Å². The molecule has 0 spiro atoms. The van der Waals surface area contributed by atoms with Gasteiger partial charge in [0.1, 0.15) is 5.82 Å². The smallest absolute Gasteiger partial charge is 0.278 e. The van der Waals surface area contributed by atoms with Crippen molar-refractivity contribution >= 4 is 17.3 Å². The summed E-state index contributed by atoms with van der Waals surface area (Å²) in [5.74, 6) is -0.745. The minimum absolute atomic E-state index is 0.118. The van der Waals surface area contributed by atoms with Gasteiger partial charge >= 0.3 is 0 Å². The highest BCUT2D eigenvalue weighted by molar-refractivity contribution is 6.06. The Bertz CT molecular complexity index is 606. The van der Waals surface area contributed by atoms with Crippen molar-refractivity contribution in [1.82, 2.24) is 10.2 Å². The number of nitrogens with two attached hydrogens (primary N) is 1. The molecule has 0 aliphatic rings. The number of nitrogen functional groups attached to an aromatic ring is 1. The third kappa shape index (κ3) is 2.73. The molecule has 2 rings (SSSR count). The summed E-state index contributed by atoms with van der Waals surface area (Å²) in [6, 6.07) is 5.63. The van der Waals surface area contributed by atoms with Gasteiger partial charge in [-0.25, -0.2) is 4.39 Å². The first-order valence-corrected chi connectivity index (χ1v) is 5.89. The fourth-order valence-corrected chi connectivity index (χ4v) is 1.73. The van der Waals surface area contributed by atoms with Crippen LogP contribution in [0.25, 0.3) is 0 Å². The summed E-state index contributed by atoms with van der Waals surface area (Å²) >= 11 is 0. The van der Waals surface area contributed by atoms with Gasteiger partial charge in [-0.15, -0.1) is 0 Å². The molecule has 19 heavy (non-hydrogen) atoms. The van der Waals surface area contributed by atoms with E-state index in [4.69, 9.17) is 5.73 Å². The van der Waals surface area contributed by atoms with Gasteiger partial charge in [-0.05, 0) is 24.1 Å². The molecule has 0 saturated carbocycles. The van der Waals surface area contributed by atoms with Crippen LogP contribution >= 0.6 is 0 Å². The highest BCUT2D eigenvalue weighted by atomic mass is 19.1. The minimum atomic E-state index is -0.466. The fourth-order valence-electron chi connectivity index (χ4n) is 1.73. The number of H-pyrrole nitrogens is 1. The number of aromatic amines is 1. The zero-order valence-corrected chi connectivity index (χ0v) is 10.7. The fraction of sp³-hybridized carbons (Fsp3) is 0.231. The zero-order valence-electron chi connectivity index (χ0n) is 10.7. The van der Waals surface area contributed by atoms with Crippen molar-refractivity contribution in [1.29, 1.82) is 0 Å². The maximum absolute atomic E-state index is 13.0. The van der Waals surface area contributed by atoms with E-state index in [1.54, 1.807) is 6.07 Å². The minimum Gasteiger partial charge on any atom is -0.395 e. The summed E-state index contributed by atoms with van der Waals surface area (Å²) < 4.78 is 13.0. The highest BCUT2D eigenvalue weighted by Gasteiger charge is 2.18. The number of aromatic nitrogens is 2. The summed E-state index contributed by atoms with van der Waals surface area (Å²) in [5.41, 5.74) is 7.37. The van der Waals surface area contributed by atoms with Gasteiger partial charge in [-0.2, -0.15) is 5.10 Å². The van der Waals surface area contributed by atoms with Crippen LogP contribution in [0.1, 0.15) is 35.9 Å². The Hall–Kier alpha value is -2.37. The first-order chi connectivity index (χ1) is 8.99. The summed E-state index contributed by atoms with van der Waals surface area (Å²) in [6.07, 6.45) is 0. The molecule has 1 amide bonds. The lowest BCUT2D eigenvalue weighted by atomic mass is 10.1. The second kappa shape index (κ2) is 5.09. The molecule has 2 aromatic rings. The van der Waals surface area contributed by atoms with Gasteiger partial charge in [-0.3, -0.25) is 9.89 Å². The molecule has 0 aliphatic heterocycles. The van der Waals surface area contributed by atoms with E-state index in [0.717, 1.165) is 0 Å². The number of hydrogen-bond acceptors (Lipinski definition) is 3. The lowest BCUT2D eigenvalue weighted by Crippen LogP contribution is -2.14. The average Bonchev–Trinajstić information content (AvgIpc) is 2.71. The molecule has 1 aromatic heterocycles. The lowest BCUT2D eigenvalue weighted by molar-refractivity contribution is 0.102. The molecular formula is C13H15FN4O. The first kappa shape index (κ1) is 13.1. The van der Waals surface area contributed by atoms with Crippen LogP contribution in [0.3, 0.4) is 0 Å². The van der Waals surface area contributed by atoms with Gasteiger partial charge in [0.15, 0.2) is 5.69 Å². The van der Waals surface area contributed by atoms with E-state index in [9.17, 15) is 9.18 Å². The van der Waals surface area contributed by atoms with E-state index in [0.29, 0.717) is 17.1 Å². The number of nitrogens with one attached hydrogen (secondary N) is 2. The third-order valence-corrected chi connectivity index (χ3v) is 2.71. The second-order valence-corrected chi connectivity index (χ2v) is 4.52. The van der Waals surface area contributed by atoms with Crippen LogP contribution in [0, 0.1) is 5.82 Å². The lowest BCUT2D eigenvalue weighted by Gasteiger charge is -2.05. The molecule has 0 radical (unpaired) electrons. The van der Waals surface area contributed by atoms with Gasteiger partial charge in [0, 0.05) is 5.69 Å². The van der Waals surface area contributed by atoms with Crippen molar-refractivity contribution in [2.24, 2.45) is 0 Å². The standard InChI is InChI=1S/C13H15FN4O/c1-7(2)11-10(15)12(18-17-11)13(19)16-9-5-3-4-8(14)6-9/h3-7H,15H2,1-2H3,(H,16,19)(H,17,18). The van der Waals surface area contributed by atoms with Gasteiger partial charge < -0.3 is 11.1 Å². The van der Waals surface area contributed by atoms with E-state index in [1.165, 1.54) is 18.2 Å². The topological polar surface area (TPSA) is 83.8 Å². The maximum Gasteiger partial charge on any atom is 0.278 e. The molecule has 4 N–H and O–H groups in total. The Balaban J connectivity index is 2.21. The van der Waals surface area contributed by atoms with Crippen LogP contribution < -0.4 is 11.1 Å². The zero-order chi connectivity index (χ0) is 14.0. The summed E-state index contributed by atoms with van der Waals surface area (Å²) in [5, 5.41) is 9.19. The monoisotopic (exact) mass is 262 g/mol. The number of benzene rings is 1. The van der Waals surface area contributed by atoms with E-state index in [2.05, 4.69) is 15.5 Å². The largest absolute Gasteiger partial charge is 0.395 e. The molecule has 0 atom stereocenters. The van der Waals surface area contributed by atoms with Crippen molar-refractivity contribution in [2.75, 3.05) is 11.1 Å². The number of amides is 1. The van der Waals surface area contributed by atoms with Crippen LogP contribution in [-0.4, -0.2) is 16.1 Å². The molecule has 6 heteroatoms. The number of anilines is 2. The Morgan fingerprint density at radius 1 is 1.47 bits per heavy atom. The quantitative estimate of drug-likeness (QED) is 0.794. The number of carbonyl (C=O) groups is 1. The summed E-state index contributed by atoms with van der Waals surface area (Å²) in [7, 11) is 0. The molecule has 100 valence electrons. The van der Waals surface area contributed by atoms with Crippen LogP contribution in [0.4, 0.5) is 15.8 Å². The predicted octanol–water partition coefficient (Wildman–Crippen LogP) is 2.51. The summed E-state index contributed by atoms with van der Waals surface area (Å²) in [6.45, 7) is 3.89. The van der Waals surface area contributed by atoms with Crippen molar-refractivity contribution in [3.8, 4) is 0 Å². The van der Waals surface area contributed by atoms with Crippen molar-refractivity contribution < 1.29 is 9.18 Å². The second-order valence-electron chi connectivity index (χ2n) is 4.52. The molecule has 0 bridgehead atoms. The average molecular weight is 262 g/mol. The number of nitrogens with zero attached hydrogens (tertiary/aromatic N) is 1. The van der Waals surface area contributed by atoms with Crippen molar-refractivity contribution in [3.05, 3.63) is 41.5 Å². The number of hydrogen-bond donors (Lipinski definition) is 3. The third-order valence-electron chi connectivity index (χ3n) is 2.71. The van der Waals surface area contributed by atoms with Gasteiger partial charge in [-0.1, -0.05) is 19.9 Å². The van der Waals surface area contributed by atoms with Crippen molar-refractivity contribution in [2.45, 2.75) is 19.8 Å². The number of rotatable bonds is 3. The van der Waals surface area contributed by atoms with Crippen LogP contribution in [0.2, 0.25) is 0 Å². The van der Waals surface area contributed by atoms with Gasteiger partial charge in [0.05, 0.1) is 11.4 Å². The number of carbonyl (C=O) groups excluding carboxylic acids is 1. The molecule has 0 unspecified atom stereocenters. The van der Waals surface area contributed by atoms with Crippen LogP contribution in [0.5, 0.6) is 0 Å². The predicted molar refractivity (Wildman–Crippen MR) is 71.4 cm³/mol. The Morgan fingerprint density at radius 3 is 2.79 bits per heavy atom. The Labute approximate surface area is 110 Å². The maximum atomic E-state index is 13.0.